The van der Waals surface area contributed by atoms with Crippen molar-refractivity contribution in [1.82, 2.24) is 24.7 Å². The number of anilines is 2. The molecule has 0 saturated carbocycles. The van der Waals surface area contributed by atoms with Crippen LogP contribution in [0.5, 0.6) is 0 Å². The molecule has 0 fully saturated rings. The number of carbonyl (C=O) groups is 1. The van der Waals surface area contributed by atoms with Gasteiger partial charge in [0.25, 0.3) is 11.1 Å². The number of aromatic nitrogens is 5. The van der Waals surface area contributed by atoms with Crippen LogP contribution >= 0.6 is 0 Å². The Morgan fingerprint density at radius 2 is 2.09 bits per heavy atom. The lowest BCUT2D eigenvalue weighted by atomic mass is 10.1. The number of carbonyl (C=O) groups excluding carboxylic acids is 1. The standard InChI is InChI=1S/C18H18N8O6/c19-16-14-15(10-3-4-12-11(8-10)23-18(20)32-12)24-25(17(14)22-9-21-16)5-1-2-13(27)30-6-7-31-26(28)29/h3-4,8-9H,1-2,5-7H2,(H2,20,23)(H2,19,21,22). The highest BCUT2D eigenvalue weighted by atomic mass is 17.0. The van der Waals surface area contributed by atoms with E-state index in [1.807, 2.05) is 0 Å². The van der Waals surface area contributed by atoms with Crippen LogP contribution in [0.4, 0.5) is 11.8 Å². The summed E-state index contributed by atoms with van der Waals surface area (Å²) in [6.07, 6.45) is 1.82. The summed E-state index contributed by atoms with van der Waals surface area (Å²) in [5, 5.41) is 14.3. The number of benzene rings is 1. The largest absolute Gasteiger partial charge is 0.464 e. The Morgan fingerprint density at radius 1 is 1.25 bits per heavy atom. The number of fused-ring (bicyclic) bond motifs is 2. The molecule has 1 aromatic carbocycles. The molecule has 166 valence electrons. The topological polar surface area (TPSA) is 200 Å². The Hall–Kier alpha value is -4.49. The number of rotatable bonds is 9. The number of oxazole rings is 1. The van der Waals surface area contributed by atoms with Crippen molar-refractivity contribution in [3.8, 4) is 11.3 Å². The molecule has 0 aliphatic carbocycles. The normalized spacial score (nSPS) is 11.1. The molecule has 0 spiro atoms. The number of nitrogen functional groups attached to an aromatic ring is 2. The first kappa shape index (κ1) is 20.8. The van der Waals surface area contributed by atoms with Gasteiger partial charge in [-0.3, -0.25) is 4.79 Å². The Labute approximate surface area is 179 Å². The maximum Gasteiger partial charge on any atom is 0.305 e. The molecule has 0 atom stereocenters. The van der Waals surface area contributed by atoms with Gasteiger partial charge in [0, 0.05) is 18.5 Å². The van der Waals surface area contributed by atoms with Crippen LogP contribution in [0.1, 0.15) is 12.8 Å². The number of hydrogen-bond donors (Lipinski definition) is 2. The summed E-state index contributed by atoms with van der Waals surface area (Å²) in [6, 6.07) is 5.37. The van der Waals surface area contributed by atoms with Crippen molar-refractivity contribution < 1.29 is 23.9 Å². The molecule has 0 amide bonds. The predicted molar refractivity (Wildman–Crippen MR) is 110 cm³/mol. The summed E-state index contributed by atoms with van der Waals surface area (Å²) >= 11 is 0. The second-order valence-electron chi connectivity index (χ2n) is 6.64. The van der Waals surface area contributed by atoms with E-state index < -0.39 is 11.1 Å². The van der Waals surface area contributed by atoms with Crippen molar-refractivity contribution in [2.45, 2.75) is 19.4 Å². The van der Waals surface area contributed by atoms with E-state index in [1.54, 1.807) is 22.9 Å². The molecular weight excluding hydrogens is 424 g/mol. The lowest BCUT2D eigenvalue weighted by Gasteiger charge is -2.05. The van der Waals surface area contributed by atoms with Crippen LogP contribution in [0.2, 0.25) is 0 Å². The number of nitrogens with two attached hydrogens (primary N) is 2. The van der Waals surface area contributed by atoms with E-state index in [9.17, 15) is 14.9 Å². The van der Waals surface area contributed by atoms with Crippen LogP contribution in [0.25, 0.3) is 33.4 Å². The number of aryl methyl sites for hydroxylation is 1. The molecule has 0 unspecified atom stereocenters. The predicted octanol–water partition coefficient (Wildman–Crippen LogP) is 1.33. The third-order valence-electron chi connectivity index (χ3n) is 4.53. The average molecular weight is 442 g/mol. The molecule has 4 N–H and O–H groups in total. The molecule has 0 aliphatic rings. The molecule has 0 saturated heterocycles. The van der Waals surface area contributed by atoms with Crippen molar-refractivity contribution in [2.75, 3.05) is 24.7 Å². The van der Waals surface area contributed by atoms with E-state index in [2.05, 4.69) is 24.9 Å². The summed E-state index contributed by atoms with van der Waals surface area (Å²) in [7, 11) is 0. The minimum Gasteiger partial charge on any atom is -0.464 e. The molecular formula is C18H18N8O6. The molecule has 14 nitrogen and oxygen atoms in total. The maximum absolute atomic E-state index is 11.8. The van der Waals surface area contributed by atoms with E-state index in [0.29, 0.717) is 40.8 Å². The van der Waals surface area contributed by atoms with E-state index in [-0.39, 0.29) is 31.5 Å². The SMILES string of the molecule is Nc1nc2cc(-c3nn(CCCC(=O)OCCO[N+](=O)[O-])c4ncnc(N)c34)ccc2o1. The zero-order chi connectivity index (χ0) is 22.7. The Bertz CT molecular complexity index is 1300. The van der Waals surface area contributed by atoms with Crippen LogP contribution < -0.4 is 11.5 Å². The van der Waals surface area contributed by atoms with Crippen molar-refractivity contribution in [2.24, 2.45) is 0 Å². The highest BCUT2D eigenvalue weighted by Crippen LogP contribution is 2.32. The van der Waals surface area contributed by atoms with E-state index in [4.69, 9.17) is 20.6 Å². The number of ether oxygens (including phenoxy) is 1. The minimum absolute atomic E-state index is 0.0622. The molecule has 0 radical (unpaired) electrons. The van der Waals surface area contributed by atoms with Gasteiger partial charge in [-0.1, -0.05) is 0 Å². The number of nitrogens with zero attached hydrogens (tertiary/aromatic N) is 6. The fraction of sp³-hybridized carbons (Fsp3) is 0.278. The Morgan fingerprint density at radius 3 is 2.91 bits per heavy atom. The molecule has 14 heteroatoms. The first-order chi connectivity index (χ1) is 15.4. The lowest BCUT2D eigenvalue weighted by molar-refractivity contribution is -0.757. The fourth-order valence-corrected chi connectivity index (χ4v) is 3.19. The number of esters is 1. The van der Waals surface area contributed by atoms with Crippen molar-refractivity contribution in [3.05, 3.63) is 34.6 Å². The molecule has 0 bridgehead atoms. The monoisotopic (exact) mass is 442 g/mol. The lowest BCUT2D eigenvalue weighted by Crippen LogP contribution is -2.13. The first-order valence-electron chi connectivity index (χ1n) is 9.48. The fourth-order valence-electron chi connectivity index (χ4n) is 3.19. The highest BCUT2D eigenvalue weighted by Gasteiger charge is 2.18. The Kier molecular flexibility index (Phi) is 5.65. The molecule has 4 rings (SSSR count). The van der Waals surface area contributed by atoms with Gasteiger partial charge in [0.05, 0.1) is 5.39 Å². The van der Waals surface area contributed by atoms with Crippen LogP contribution in [0.3, 0.4) is 0 Å². The van der Waals surface area contributed by atoms with E-state index in [0.717, 1.165) is 5.56 Å². The van der Waals surface area contributed by atoms with Gasteiger partial charge in [-0.2, -0.15) is 10.1 Å². The van der Waals surface area contributed by atoms with Crippen LogP contribution in [0, 0.1) is 10.1 Å². The first-order valence-corrected chi connectivity index (χ1v) is 9.48. The molecule has 3 heterocycles. The van der Waals surface area contributed by atoms with Gasteiger partial charge in [0.1, 0.15) is 36.6 Å². The third kappa shape index (κ3) is 4.33. The van der Waals surface area contributed by atoms with Gasteiger partial charge in [0.2, 0.25) is 0 Å². The van der Waals surface area contributed by atoms with Crippen LogP contribution in [-0.2, 0) is 20.9 Å². The molecule has 3 aromatic heterocycles. The maximum atomic E-state index is 11.8. The minimum atomic E-state index is -0.947. The zero-order valence-electron chi connectivity index (χ0n) is 16.6. The van der Waals surface area contributed by atoms with Crippen LogP contribution in [-0.4, -0.2) is 49.0 Å². The van der Waals surface area contributed by atoms with Gasteiger partial charge in [0.15, 0.2) is 11.2 Å². The molecule has 0 aliphatic heterocycles. The van der Waals surface area contributed by atoms with Gasteiger partial charge < -0.3 is 25.5 Å². The summed E-state index contributed by atoms with van der Waals surface area (Å²) in [5.41, 5.74) is 14.6. The zero-order valence-corrected chi connectivity index (χ0v) is 16.6. The van der Waals surface area contributed by atoms with Crippen LogP contribution in [0.15, 0.2) is 28.9 Å². The second-order valence-corrected chi connectivity index (χ2v) is 6.64. The van der Waals surface area contributed by atoms with E-state index >= 15 is 0 Å². The Balaban J connectivity index is 1.51. The summed E-state index contributed by atoms with van der Waals surface area (Å²) in [4.78, 5) is 38.4. The summed E-state index contributed by atoms with van der Waals surface area (Å²) in [6.45, 7) is -0.163. The van der Waals surface area contributed by atoms with Gasteiger partial charge in [-0.25, -0.2) is 14.6 Å². The second kappa shape index (κ2) is 8.71. The van der Waals surface area contributed by atoms with Gasteiger partial charge in [-0.15, -0.1) is 10.1 Å². The average Bonchev–Trinajstić information content (AvgIpc) is 3.31. The summed E-state index contributed by atoms with van der Waals surface area (Å²) in [5.74, 6) is -0.238. The highest BCUT2D eigenvalue weighted by molar-refractivity contribution is 5.99. The van der Waals surface area contributed by atoms with Crippen molar-refractivity contribution >= 4 is 39.9 Å². The van der Waals surface area contributed by atoms with Crippen molar-refractivity contribution in [3.63, 3.8) is 0 Å². The molecule has 4 aromatic rings. The quantitative estimate of drug-likeness (QED) is 0.163. The summed E-state index contributed by atoms with van der Waals surface area (Å²) < 4.78 is 11.8. The smallest absolute Gasteiger partial charge is 0.305 e. The van der Waals surface area contributed by atoms with E-state index in [1.165, 1.54) is 6.33 Å². The molecule has 32 heavy (non-hydrogen) atoms. The van der Waals surface area contributed by atoms with Crippen molar-refractivity contribution in [1.29, 1.82) is 0 Å². The van der Waals surface area contributed by atoms with Gasteiger partial charge in [-0.05, 0) is 24.6 Å². The third-order valence-corrected chi connectivity index (χ3v) is 4.53. The number of hydrogen-bond acceptors (Lipinski definition) is 12. The van der Waals surface area contributed by atoms with Gasteiger partial charge >= 0.3 is 5.97 Å².